The summed E-state index contributed by atoms with van der Waals surface area (Å²) in [4.78, 5) is 23.1. The standard InChI is InChI=1S/C21H15ClF5N5O/c1-8(28)11-7-16(33)30-18(12-6-10(23)2-3-13(12)22)17(11)31-20-29-15-5-9(21(25,26)27)4-14(24)19(15)32-20/h2-6,18H,7,28H2,1H3,(H,29,32)(H,30,33)/b11-8-,31-17-. The number of rotatable bonds is 2. The number of nitrogens with two attached hydrogens (primary N) is 1. The lowest BCUT2D eigenvalue weighted by Crippen LogP contribution is -2.41. The number of allylic oxidation sites excluding steroid dienone is 1. The molecule has 0 aliphatic carbocycles. The van der Waals surface area contributed by atoms with Crippen LogP contribution in [0.25, 0.3) is 11.0 Å². The lowest BCUT2D eigenvalue weighted by Gasteiger charge is -2.29. The van der Waals surface area contributed by atoms with E-state index in [1.54, 1.807) is 0 Å². The maximum absolute atomic E-state index is 14.3. The second kappa shape index (κ2) is 8.14. The van der Waals surface area contributed by atoms with Crippen LogP contribution in [0.5, 0.6) is 0 Å². The SMILES string of the molecule is C/C(N)=C1\CC(=O)NC(c2cc(F)ccc2Cl)\C1=N/c1nc2c(F)cc(C(F)(F)F)cc2[nH]1. The zero-order valence-electron chi connectivity index (χ0n) is 16.8. The summed E-state index contributed by atoms with van der Waals surface area (Å²) in [6.45, 7) is 1.53. The van der Waals surface area contributed by atoms with Gasteiger partial charge in [-0.15, -0.1) is 0 Å². The van der Waals surface area contributed by atoms with Gasteiger partial charge in [0.25, 0.3) is 0 Å². The van der Waals surface area contributed by atoms with Crippen LogP contribution in [0.4, 0.5) is 27.9 Å². The molecule has 1 aromatic heterocycles. The first kappa shape index (κ1) is 22.7. The van der Waals surface area contributed by atoms with E-state index < -0.39 is 35.3 Å². The van der Waals surface area contributed by atoms with Gasteiger partial charge in [-0.25, -0.2) is 18.8 Å². The Morgan fingerprint density at radius 3 is 2.64 bits per heavy atom. The van der Waals surface area contributed by atoms with Crippen LogP contribution in [0.1, 0.15) is 30.5 Å². The number of imidazole rings is 1. The van der Waals surface area contributed by atoms with E-state index in [2.05, 4.69) is 20.3 Å². The minimum atomic E-state index is -4.76. The van der Waals surface area contributed by atoms with Crippen molar-refractivity contribution >= 4 is 40.2 Å². The second-order valence-electron chi connectivity index (χ2n) is 7.41. The van der Waals surface area contributed by atoms with Gasteiger partial charge in [-0.3, -0.25) is 4.79 Å². The van der Waals surface area contributed by atoms with Gasteiger partial charge in [0.15, 0.2) is 5.82 Å². The average molecular weight is 484 g/mol. The molecule has 33 heavy (non-hydrogen) atoms. The number of nitrogens with one attached hydrogen (secondary N) is 2. The summed E-state index contributed by atoms with van der Waals surface area (Å²) >= 11 is 6.22. The molecule has 1 fully saturated rings. The Balaban J connectivity index is 1.90. The zero-order valence-corrected chi connectivity index (χ0v) is 17.6. The van der Waals surface area contributed by atoms with Gasteiger partial charge < -0.3 is 16.0 Å². The number of aromatic nitrogens is 2. The topological polar surface area (TPSA) is 96.2 Å². The van der Waals surface area contributed by atoms with Crippen molar-refractivity contribution in [3.63, 3.8) is 0 Å². The number of aliphatic imine (C=N–C) groups is 1. The highest BCUT2D eigenvalue weighted by Gasteiger charge is 2.34. The van der Waals surface area contributed by atoms with Crippen molar-refractivity contribution in [2.45, 2.75) is 25.6 Å². The third kappa shape index (κ3) is 4.40. The fourth-order valence-corrected chi connectivity index (χ4v) is 3.76. The summed E-state index contributed by atoms with van der Waals surface area (Å²) in [6, 6.07) is 3.57. The molecule has 0 bridgehead atoms. The minimum absolute atomic E-state index is 0.135. The fourth-order valence-electron chi connectivity index (χ4n) is 3.53. The van der Waals surface area contributed by atoms with Crippen LogP contribution < -0.4 is 11.1 Å². The number of halogens is 6. The van der Waals surface area contributed by atoms with Crippen LogP contribution in [0.2, 0.25) is 5.02 Å². The molecule has 1 saturated heterocycles. The largest absolute Gasteiger partial charge is 0.416 e. The summed E-state index contributed by atoms with van der Waals surface area (Å²) in [5.41, 5.74) is 5.04. The Hall–Kier alpha value is -3.47. The molecule has 0 saturated carbocycles. The number of hydrogen-bond donors (Lipinski definition) is 3. The first-order valence-electron chi connectivity index (χ1n) is 9.49. The van der Waals surface area contributed by atoms with Gasteiger partial charge in [0, 0.05) is 21.9 Å². The predicted octanol–water partition coefficient (Wildman–Crippen LogP) is 5.08. The number of H-pyrrole nitrogens is 1. The van der Waals surface area contributed by atoms with Gasteiger partial charge >= 0.3 is 6.18 Å². The number of carbonyl (C=O) groups is 1. The van der Waals surface area contributed by atoms with Crippen molar-refractivity contribution in [1.29, 1.82) is 0 Å². The van der Waals surface area contributed by atoms with Gasteiger partial charge in [0.05, 0.1) is 29.3 Å². The predicted molar refractivity (Wildman–Crippen MR) is 112 cm³/mol. The molecule has 1 aliphatic rings. The smallest absolute Gasteiger partial charge is 0.402 e. The van der Waals surface area contributed by atoms with E-state index in [-0.39, 0.29) is 45.4 Å². The number of benzene rings is 2. The van der Waals surface area contributed by atoms with Crippen LogP contribution in [-0.2, 0) is 11.0 Å². The van der Waals surface area contributed by atoms with Crippen molar-refractivity contribution in [1.82, 2.24) is 15.3 Å². The third-order valence-electron chi connectivity index (χ3n) is 5.05. The van der Waals surface area contributed by atoms with Crippen LogP contribution in [0.3, 0.4) is 0 Å². The highest BCUT2D eigenvalue weighted by atomic mass is 35.5. The number of nitrogens with zero attached hydrogens (tertiary/aromatic N) is 2. The molecule has 6 nitrogen and oxygen atoms in total. The summed E-state index contributed by atoms with van der Waals surface area (Å²) in [7, 11) is 0. The number of alkyl halides is 3. The first-order valence-corrected chi connectivity index (χ1v) is 9.86. The van der Waals surface area contributed by atoms with Crippen LogP contribution >= 0.6 is 11.6 Å². The second-order valence-corrected chi connectivity index (χ2v) is 7.82. The maximum Gasteiger partial charge on any atom is 0.416 e. The van der Waals surface area contributed by atoms with Gasteiger partial charge in [-0.2, -0.15) is 13.2 Å². The van der Waals surface area contributed by atoms with Gasteiger partial charge in [0.2, 0.25) is 11.9 Å². The number of carbonyl (C=O) groups excluding carboxylic acids is 1. The van der Waals surface area contributed by atoms with E-state index in [1.165, 1.54) is 13.0 Å². The van der Waals surface area contributed by atoms with Crippen molar-refractivity contribution in [2.24, 2.45) is 10.7 Å². The molecular formula is C21H15ClF5N5O. The van der Waals surface area contributed by atoms with Crippen molar-refractivity contribution in [3.05, 3.63) is 69.4 Å². The van der Waals surface area contributed by atoms with E-state index in [1.807, 2.05) is 0 Å². The number of amides is 1. The van der Waals surface area contributed by atoms with Gasteiger partial charge in [-0.1, -0.05) is 11.6 Å². The van der Waals surface area contributed by atoms with Gasteiger partial charge in [-0.05, 0) is 37.3 Å². The molecule has 12 heteroatoms. The maximum atomic E-state index is 14.3. The first-order chi connectivity index (χ1) is 15.4. The summed E-state index contributed by atoms with van der Waals surface area (Å²) in [6.07, 6.45) is -4.91. The Bertz CT molecular complexity index is 1340. The zero-order chi connectivity index (χ0) is 24.1. The minimum Gasteiger partial charge on any atom is -0.402 e. The highest BCUT2D eigenvalue weighted by molar-refractivity contribution is 6.32. The Morgan fingerprint density at radius 2 is 1.97 bits per heavy atom. The molecule has 1 unspecified atom stereocenters. The Kier molecular flexibility index (Phi) is 5.61. The lowest BCUT2D eigenvalue weighted by atomic mass is 9.89. The Morgan fingerprint density at radius 1 is 1.24 bits per heavy atom. The summed E-state index contributed by atoms with van der Waals surface area (Å²) < 4.78 is 67.3. The van der Waals surface area contributed by atoms with E-state index >= 15 is 0 Å². The van der Waals surface area contributed by atoms with E-state index in [0.29, 0.717) is 17.7 Å². The van der Waals surface area contributed by atoms with Crippen molar-refractivity contribution < 1.29 is 26.7 Å². The Labute approximate surface area is 188 Å². The van der Waals surface area contributed by atoms with Crippen molar-refractivity contribution in [3.8, 4) is 0 Å². The summed E-state index contributed by atoms with van der Waals surface area (Å²) in [5, 5.41) is 2.79. The quantitative estimate of drug-likeness (QED) is 0.443. The molecule has 4 N–H and O–H groups in total. The molecule has 2 aromatic carbocycles. The summed E-state index contributed by atoms with van der Waals surface area (Å²) in [5.74, 6) is -2.46. The monoisotopic (exact) mass is 483 g/mol. The number of aromatic amines is 1. The van der Waals surface area contributed by atoms with E-state index in [0.717, 1.165) is 12.1 Å². The number of piperidine rings is 1. The fraction of sp³-hybridized carbons (Fsp3) is 0.190. The molecule has 0 radical (unpaired) electrons. The highest BCUT2D eigenvalue weighted by Crippen LogP contribution is 2.35. The third-order valence-corrected chi connectivity index (χ3v) is 5.40. The molecule has 1 amide bonds. The number of hydrogen-bond acceptors (Lipinski definition) is 4. The molecule has 1 aliphatic heterocycles. The lowest BCUT2D eigenvalue weighted by molar-refractivity contribution is -0.137. The molecule has 3 aromatic rings. The van der Waals surface area contributed by atoms with Gasteiger partial charge in [0.1, 0.15) is 11.3 Å². The molecule has 4 rings (SSSR count). The van der Waals surface area contributed by atoms with Crippen molar-refractivity contribution in [2.75, 3.05) is 0 Å². The van der Waals surface area contributed by atoms with Crippen LogP contribution in [0.15, 0.2) is 46.6 Å². The van der Waals surface area contributed by atoms with E-state index in [9.17, 15) is 26.7 Å². The van der Waals surface area contributed by atoms with E-state index in [4.69, 9.17) is 17.3 Å². The molecule has 2 heterocycles. The average Bonchev–Trinajstić information content (AvgIpc) is 3.13. The van der Waals surface area contributed by atoms with Crippen LogP contribution in [-0.4, -0.2) is 21.6 Å². The normalized spacial score (nSPS) is 19.8. The molecule has 172 valence electrons. The molecular weight excluding hydrogens is 469 g/mol. The number of fused-ring (bicyclic) bond motifs is 1. The molecule has 0 spiro atoms. The molecule has 1 atom stereocenters. The van der Waals surface area contributed by atoms with Crippen LogP contribution in [0, 0.1) is 11.6 Å².